The van der Waals surface area contributed by atoms with Crippen LogP contribution in [0.25, 0.3) is 11.1 Å². The molecule has 2 rings (SSSR count). The van der Waals surface area contributed by atoms with Gasteiger partial charge in [-0.25, -0.2) is 0 Å². The maximum absolute atomic E-state index is 14.1. The van der Waals surface area contributed by atoms with Crippen molar-refractivity contribution in [1.29, 1.82) is 0 Å². The highest BCUT2D eigenvalue weighted by Gasteiger charge is 2.42. The van der Waals surface area contributed by atoms with Crippen LogP contribution >= 0.6 is 11.6 Å². The van der Waals surface area contributed by atoms with Crippen molar-refractivity contribution in [2.75, 3.05) is 13.6 Å². The number of primary amides is 1. The first-order valence-corrected chi connectivity index (χ1v) is 10.1. The number of nitrogens with two attached hydrogens (primary N) is 1. The van der Waals surface area contributed by atoms with E-state index in [0.717, 1.165) is 4.57 Å². The lowest BCUT2D eigenvalue weighted by Crippen LogP contribution is -2.44. The molecule has 170 valence electrons. The molecule has 2 amide bonds. The van der Waals surface area contributed by atoms with Crippen molar-refractivity contribution < 1.29 is 22.8 Å². The Bertz CT molecular complexity index is 993. The van der Waals surface area contributed by atoms with E-state index in [1.807, 2.05) is 0 Å². The molecule has 0 unspecified atom stereocenters. The second-order valence-corrected chi connectivity index (χ2v) is 9.01. The third kappa shape index (κ3) is 4.89. The quantitative estimate of drug-likeness (QED) is 0.639. The molecule has 0 bridgehead atoms. The van der Waals surface area contributed by atoms with Gasteiger partial charge in [0.15, 0.2) is 0 Å². The summed E-state index contributed by atoms with van der Waals surface area (Å²) in [5.41, 5.74) is 3.97. The van der Waals surface area contributed by atoms with Crippen LogP contribution in [0.4, 0.5) is 13.2 Å². The van der Waals surface area contributed by atoms with Crippen LogP contribution in [-0.2, 0) is 11.0 Å². The first-order chi connectivity index (χ1) is 14.1. The van der Waals surface area contributed by atoms with Crippen molar-refractivity contribution in [3.05, 3.63) is 46.2 Å². The summed E-state index contributed by atoms with van der Waals surface area (Å²) in [5, 5.41) is 0.425. The second-order valence-electron chi connectivity index (χ2n) is 8.57. The summed E-state index contributed by atoms with van der Waals surface area (Å²) in [6.07, 6.45) is -4.67. The molecular weight excluding hydrogens is 431 g/mol. The van der Waals surface area contributed by atoms with Crippen molar-refractivity contribution in [1.82, 2.24) is 9.47 Å². The number of hydrogen-bond acceptors (Lipinski definition) is 2. The third-order valence-electron chi connectivity index (χ3n) is 5.22. The number of alkyl halides is 3. The molecule has 1 aromatic carbocycles. The van der Waals surface area contributed by atoms with Gasteiger partial charge in [0.2, 0.25) is 5.91 Å². The zero-order valence-corrected chi connectivity index (χ0v) is 19.1. The molecule has 0 fully saturated rings. The molecule has 0 saturated carbocycles. The van der Waals surface area contributed by atoms with Gasteiger partial charge in [0, 0.05) is 30.2 Å². The molecule has 31 heavy (non-hydrogen) atoms. The fourth-order valence-corrected chi connectivity index (χ4v) is 3.80. The van der Waals surface area contributed by atoms with Crippen LogP contribution < -0.4 is 5.73 Å². The third-order valence-corrected chi connectivity index (χ3v) is 5.47. The molecule has 1 heterocycles. The first-order valence-electron chi connectivity index (χ1n) is 9.72. The number of amides is 2. The predicted octanol–water partition coefficient (Wildman–Crippen LogP) is 5.30. The van der Waals surface area contributed by atoms with Crippen molar-refractivity contribution >= 4 is 23.4 Å². The lowest BCUT2D eigenvalue weighted by molar-refractivity contribution is -0.144. The molecule has 0 aliphatic carbocycles. The minimum Gasteiger partial charge on any atom is -0.369 e. The second kappa shape index (κ2) is 8.57. The van der Waals surface area contributed by atoms with E-state index in [9.17, 15) is 22.8 Å². The largest absolute Gasteiger partial charge is 0.431 e. The molecule has 0 atom stereocenters. The summed E-state index contributed by atoms with van der Waals surface area (Å²) in [7, 11) is 1.44. The monoisotopic (exact) mass is 457 g/mol. The van der Waals surface area contributed by atoms with Gasteiger partial charge in [0.25, 0.3) is 5.91 Å². The van der Waals surface area contributed by atoms with Crippen LogP contribution in [-0.4, -0.2) is 34.9 Å². The Hall–Kier alpha value is -2.48. The van der Waals surface area contributed by atoms with Crippen molar-refractivity contribution in [3.8, 4) is 11.1 Å². The highest BCUT2D eigenvalue weighted by molar-refractivity contribution is 6.30. The average molecular weight is 458 g/mol. The molecule has 0 radical (unpaired) electrons. The van der Waals surface area contributed by atoms with E-state index in [1.165, 1.54) is 18.9 Å². The number of carbonyl (C=O) groups excluding carboxylic acids is 2. The lowest BCUT2D eigenvalue weighted by Gasteiger charge is -2.29. The average Bonchev–Trinajstić information content (AvgIpc) is 2.94. The number of carbonyl (C=O) groups is 2. The van der Waals surface area contributed by atoms with Crippen LogP contribution in [0.1, 0.15) is 55.5 Å². The zero-order chi connectivity index (χ0) is 23.9. The highest BCUT2D eigenvalue weighted by Crippen LogP contribution is 2.43. The van der Waals surface area contributed by atoms with Crippen LogP contribution in [0, 0.1) is 12.3 Å². The molecule has 1 aromatic heterocycles. The SMILES string of the molecule is Cc1c(-c2ccc(Cl)cc2)c(C(=O)N(C)CC(C)(C)C(N)=O)n(C(C)C)c1C(F)(F)F. The summed E-state index contributed by atoms with van der Waals surface area (Å²) >= 11 is 5.95. The summed E-state index contributed by atoms with van der Waals surface area (Å²) in [5.74, 6) is -1.25. The van der Waals surface area contributed by atoms with E-state index in [-0.39, 0.29) is 23.4 Å². The molecule has 2 N–H and O–H groups in total. The van der Waals surface area contributed by atoms with Gasteiger partial charge < -0.3 is 15.2 Å². The van der Waals surface area contributed by atoms with E-state index >= 15 is 0 Å². The molecule has 0 saturated heterocycles. The molecule has 2 aromatic rings. The number of rotatable bonds is 6. The summed E-state index contributed by atoms with van der Waals surface area (Å²) < 4.78 is 43.2. The Labute approximate surface area is 185 Å². The van der Waals surface area contributed by atoms with Crippen molar-refractivity contribution in [3.63, 3.8) is 0 Å². The summed E-state index contributed by atoms with van der Waals surface area (Å²) in [6.45, 7) is 7.63. The van der Waals surface area contributed by atoms with Crippen LogP contribution in [0.3, 0.4) is 0 Å². The van der Waals surface area contributed by atoms with Crippen molar-refractivity contribution in [2.45, 2.75) is 46.8 Å². The molecule has 0 aliphatic rings. The van der Waals surface area contributed by atoms with Gasteiger partial charge in [-0.2, -0.15) is 13.2 Å². The van der Waals surface area contributed by atoms with Gasteiger partial charge in [-0.05, 0) is 57.9 Å². The molecule has 0 aliphatic heterocycles. The number of hydrogen-bond donors (Lipinski definition) is 1. The fraction of sp³-hybridized carbons (Fsp3) is 0.455. The zero-order valence-electron chi connectivity index (χ0n) is 18.4. The Morgan fingerprint density at radius 3 is 2.10 bits per heavy atom. The summed E-state index contributed by atoms with van der Waals surface area (Å²) in [4.78, 5) is 26.4. The normalized spacial score (nSPS) is 12.4. The van der Waals surface area contributed by atoms with Crippen LogP contribution in [0.15, 0.2) is 24.3 Å². The molecular formula is C22H27ClF3N3O2. The topological polar surface area (TPSA) is 68.3 Å². The van der Waals surface area contributed by atoms with Gasteiger partial charge in [0.05, 0.1) is 5.41 Å². The Balaban J connectivity index is 2.81. The lowest BCUT2D eigenvalue weighted by atomic mass is 9.92. The van der Waals surface area contributed by atoms with E-state index in [2.05, 4.69) is 0 Å². The van der Waals surface area contributed by atoms with Gasteiger partial charge in [0.1, 0.15) is 11.4 Å². The fourth-order valence-electron chi connectivity index (χ4n) is 3.68. The standard InChI is InChI=1S/C22H27ClF3N3O2/c1-12(2)29-17(19(30)28(6)11-21(4,5)20(27)31)16(13(3)18(29)22(24,25)26)14-7-9-15(23)10-8-14/h7-10,12H,11H2,1-6H3,(H2,27,31). The van der Waals surface area contributed by atoms with Crippen LogP contribution in [0.2, 0.25) is 5.02 Å². The van der Waals surface area contributed by atoms with Gasteiger partial charge in [-0.3, -0.25) is 9.59 Å². The number of benzene rings is 1. The maximum atomic E-state index is 14.1. The van der Waals surface area contributed by atoms with Gasteiger partial charge in [-0.1, -0.05) is 23.7 Å². The smallest absolute Gasteiger partial charge is 0.369 e. The van der Waals surface area contributed by atoms with E-state index in [4.69, 9.17) is 17.3 Å². The summed E-state index contributed by atoms with van der Waals surface area (Å²) in [6, 6.07) is 5.64. The number of nitrogens with zero attached hydrogens (tertiary/aromatic N) is 2. The first kappa shape index (κ1) is 24.8. The van der Waals surface area contributed by atoms with E-state index in [1.54, 1.807) is 52.0 Å². The van der Waals surface area contributed by atoms with Crippen molar-refractivity contribution in [2.24, 2.45) is 11.1 Å². The maximum Gasteiger partial charge on any atom is 0.431 e. The number of aromatic nitrogens is 1. The number of halogens is 4. The minimum atomic E-state index is -4.67. The van der Waals surface area contributed by atoms with E-state index < -0.39 is 35.1 Å². The Morgan fingerprint density at radius 2 is 1.68 bits per heavy atom. The molecule has 0 spiro atoms. The van der Waals surface area contributed by atoms with E-state index in [0.29, 0.717) is 10.6 Å². The molecule has 5 nitrogen and oxygen atoms in total. The van der Waals surface area contributed by atoms with Crippen LogP contribution in [0.5, 0.6) is 0 Å². The van der Waals surface area contributed by atoms with Gasteiger partial charge >= 0.3 is 6.18 Å². The Kier molecular flexibility index (Phi) is 6.85. The minimum absolute atomic E-state index is 0.0468. The highest BCUT2D eigenvalue weighted by atomic mass is 35.5. The predicted molar refractivity (Wildman–Crippen MR) is 115 cm³/mol. The van der Waals surface area contributed by atoms with Gasteiger partial charge in [-0.15, -0.1) is 0 Å². The molecule has 9 heteroatoms. The Morgan fingerprint density at radius 1 is 1.16 bits per heavy atom.